The quantitative estimate of drug-likeness (QED) is 0.246. The predicted molar refractivity (Wildman–Crippen MR) is 143 cm³/mol. The van der Waals surface area contributed by atoms with Crippen LogP contribution < -0.4 is 5.32 Å². The molecular formula is C25H13Cl4N3OS. The number of fused-ring (bicyclic) bond motifs is 1. The van der Waals surface area contributed by atoms with Crippen molar-refractivity contribution in [3.8, 4) is 22.5 Å². The van der Waals surface area contributed by atoms with E-state index in [1.54, 1.807) is 42.5 Å². The smallest absolute Gasteiger partial charge is 0.258 e. The van der Waals surface area contributed by atoms with Crippen LogP contribution in [0.5, 0.6) is 0 Å². The standard InChI is InChI=1S/C25H13Cl4N3OS/c26-13-5-7-16(19(28)9-13)22-11-18(15-3-1-2-4-21(15)30-22)24(33)32-25-31-23(12-34-25)17-8-6-14(27)10-20(17)29/h1-12H,(H,31,32,33). The normalized spacial score (nSPS) is 11.1. The topological polar surface area (TPSA) is 54.9 Å². The lowest BCUT2D eigenvalue weighted by Gasteiger charge is -2.11. The van der Waals surface area contributed by atoms with E-state index in [0.29, 0.717) is 58.6 Å². The van der Waals surface area contributed by atoms with E-state index in [9.17, 15) is 4.79 Å². The molecule has 0 bridgehead atoms. The van der Waals surface area contributed by atoms with Gasteiger partial charge in [-0.15, -0.1) is 11.3 Å². The van der Waals surface area contributed by atoms with Crippen LogP contribution in [0.4, 0.5) is 5.13 Å². The van der Waals surface area contributed by atoms with Gasteiger partial charge in [0.15, 0.2) is 5.13 Å². The van der Waals surface area contributed by atoms with Crippen LogP contribution in [-0.4, -0.2) is 15.9 Å². The fraction of sp³-hybridized carbons (Fsp3) is 0. The molecule has 4 nitrogen and oxygen atoms in total. The van der Waals surface area contributed by atoms with Crippen LogP contribution in [0.3, 0.4) is 0 Å². The first kappa shape index (κ1) is 23.1. The number of nitrogens with one attached hydrogen (secondary N) is 1. The van der Waals surface area contributed by atoms with E-state index in [1.807, 2.05) is 29.6 Å². The maximum absolute atomic E-state index is 13.3. The number of hydrogen-bond acceptors (Lipinski definition) is 4. The molecule has 1 amide bonds. The van der Waals surface area contributed by atoms with Crippen LogP contribution in [0.2, 0.25) is 20.1 Å². The molecule has 2 heterocycles. The van der Waals surface area contributed by atoms with Crippen molar-refractivity contribution in [3.63, 3.8) is 0 Å². The molecule has 0 saturated heterocycles. The Balaban J connectivity index is 1.52. The third-order valence-electron chi connectivity index (χ3n) is 5.10. The van der Waals surface area contributed by atoms with Crippen LogP contribution in [0.1, 0.15) is 10.4 Å². The molecule has 34 heavy (non-hydrogen) atoms. The Morgan fingerprint density at radius 1 is 0.765 bits per heavy atom. The van der Waals surface area contributed by atoms with Gasteiger partial charge in [-0.05, 0) is 48.5 Å². The van der Waals surface area contributed by atoms with E-state index in [2.05, 4.69) is 10.3 Å². The fourth-order valence-corrected chi connectivity index (χ4v) is 5.23. The fourth-order valence-electron chi connectivity index (χ4n) is 3.51. The Hall–Kier alpha value is -2.67. The van der Waals surface area contributed by atoms with Crippen molar-refractivity contribution in [2.24, 2.45) is 0 Å². The van der Waals surface area contributed by atoms with Gasteiger partial charge in [0.2, 0.25) is 0 Å². The number of anilines is 1. The van der Waals surface area contributed by atoms with E-state index < -0.39 is 0 Å². The second kappa shape index (κ2) is 9.53. The van der Waals surface area contributed by atoms with Crippen molar-refractivity contribution in [1.82, 2.24) is 9.97 Å². The number of nitrogens with zero attached hydrogens (tertiary/aromatic N) is 2. The predicted octanol–water partition coefficient (Wildman–Crippen LogP) is 8.89. The molecule has 5 rings (SSSR count). The third-order valence-corrected chi connectivity index (χ3v) is 6.95. The minimum Gasteiger partial charge on any atom is -0.298 e. The number of carbonyl (C=O) groups is 1. The monoisotopic (exact) mass is 543 g/mol. The van der Waals surface area contributed by atoms with Crippen LogP contribution in [0, 0.1) is 0 Å². The molecular weight excluding hydrogens is 532 g/mol. The highest BCUT2D eigenvalue weighted by molar-refractivity contribution is 7.14. The largest absolute Gasteiger partial charge is 0.298 e. The van der Waals surface area contributed by atoms with E-state index in [1.165, 1.54) is 11.3 Å². The second-order valence-corrected chi connectivity index (χ2v) is 9.86. The van der Waals surface area contributed by atoms with Crippen LogP contribution in [-0.2, 0) is 0 Å². The van der Waals surface area contributed by atoms with Gasteiger partial charge in [-0.2, -0.15) is 0 Å². The van der Waals surface area contributed by atoms with E-state index in [4.69, 9.17) is 51.4 Å². The van der Waals surface area contributed by atoms with Crippen molar-refractivity contribution in [2.75, 3.05) is 5.32 Å². The van der Waals surface area contributed by atoms with Gasteiger partial charge in [-0.1, -0.05) is 64.6 Å². The number of halogens is 4. The van der Waals surface area contributed by atoms with E-state index in [0.717, 1.165) is 5.56 Å². The summed E-state index contributed by atoms with van der Waals surface area (Å²) in [5.74, 6) is -0.312. The summed E-state index contributed by atoms with van der Waals surface area (Å²) >= 11 is 26.1. The number of rotatable bonds is 4. The number of amides is 1. The average molecular weight is 545 g/mol. The van der Waals surface area contributed by atoms with Crippen molar-refractivity contribution >= 4 is 79.7 Å². The van der Waals surface area contributed by atoms with Gasteiger partial charge in [0, 0.05) is 31.9 Å². The molecule has 0 aliphatic carbocycles. The zero-order chi connectivity index (χ0) is 23.8. The molecule has 168 valence electrons. The Labute approximate surface area is 219 Å². The Bertz CT molecular complexity index is 1570. The minimum absolute atomic E-state index is 0.312. The molecule has 0 fully saturated rings. The number of aromatic nitrogens is 2. The highest BCUT2D eigenvalue weighted by Gasteiger charge is 2.17. The molecule has 2 aromatic heterocycles. The summed E-state index contributed by atoms with van der Waals surface area (Å²) in [4.78, 5) is 22.6. The maximum atomic E-state index is 13.3. The summed E-state index contributed by atoms with van der Waals surface area (Å²) in [6.45, 7) is 0. The lowest BCUT2D eigenvalue weighted by molar-refractivity contribution is 0.102. The minimum atomic E-state index is -0.312. The number of benzene rings is 3. The first-order chi connectivity index (χ1) is 16.4. The Morgan fingerprint density at radius 2 is 1.41 bits per heavy atom. The number of carbonyl (C=O) groups excluding carboxylic acids is 1. The van der Waals surface area contributed by atoms with Gasteiger partial charge >= 0.3 is 0 Å². The van der Waals surface area contributed by atoms with Crippen molar-refractivity contribution in [1.29, 1.82) is 0 Å². The summed E-state index contributed by atoms with van der Waals surface area (Å²) in [5.41, 5.74) is 3.75. The molecule has 1 N–H and O–H groups in total. The van der Waals surface area contributed by atoms with Crippen molar-refractivity contribution < 1.29 is 4.79 Å². The molecule has 0 radical (unpaired) electrons. The van der Waals surface area contributed by atoms with Crippen LogP contribution >= 0.6 is 57.7 Å². The highest BCUT2D eigenvalue weighted by atomic mass is 35.5. The number of pyridine rings is 1. The zero-order valence-corrected chi connectivity index (χ0v) is 21.0. The van der Waals surface area contributed by atoms with Crippen molar-refractivity contribution in [3.05, 3.63) is 97.8 Å². The summed E-state index contributed by atoms with van der Waals surface area (Å²) in [6.07, 6.45) is 0. The number of hydrogen-bond donors (Lipinski definition) is 1. The van der Waals surface area contributed by atoms with E-state index >= 15 is 0 Å². The van der Waals surface area contributed by atoms with Gasteiger partial charge < -0.3 is 0 Å². The maximum Gasteiger partial charge on any atom is 0.258 e. The molecule has 0 saturated carbocycles. The van der Waals surface area contributed by atoms with Gasteiger partial charge in [-0.3, -0.25) is 10.1 Å². The molecule has 0 aliphatic heterocycles. The SMILES string of the molecule is O=C(Nc1nc(-c2ccc(Cl)cc2Cl)cs1)c1cc(-c2ccc(Cl)cc2Cl)nc2ccccc12. The summed E-state index contributed by atoms with van der Waals surface area (Å²) in [7, 11) is 0. The lowest BCUT2D eigenvalue weighted by atomic mass is 10.0. The summed E-state index contributed by atoms with van der Waals surface area (Å²) in [6, 6.07) is 19.5. The second-order valence-electron chi connectivity index (χ2n) is 7.31. The first-order valence-electron chi connectivity index (χ1n) is 9.96. The summed E-state index contributed by atoms with van der Waals surface area (Å²) in [5, 5.41) is 7.87. The van der Waals surface area contributed by atoms with Gasteiger partial charge in [0.25, 0.3) is 5.91 Å². The van der Waals surface area contributed by atoms with Crippen LogP contribution in [0.25, 0.3) is 33.4 Å². The van der Waals surface area contributed by atoms with Crippen LogP contribution in [0.15, 0.2) is 72.1 Å². The molecule has 0 unspecified atom stereocenters. The first-order valence-corrected chi connectivity index (χ1v) is 12.4. The zero-order valence-electron chi connectivity index (χ0n) is 17.2. The van der Waals surface area contributed by atoms with Gasteiger partial charge in [0.05, 0.1) is 32.5 Å². The Kier molecular flexibility index (Phi) is 6.47. The van der Waals surface area contributed by atoms with Gasteiger partial charge in [-0.25, -0.2) is 9.97 Å². The molecule has 9 heteroatoms. The molecule has 5 aromatic rings. The molecule has 0 aliphatic rings. The summed E-state index contributed by atoms with van der Waals surface area (Å²) < 4.78 is 0. The number of thiazole rings is 1. The van der Waals surface area contributed by atoms with E-state index in [-0.39, 0.29) is 5.91 Å². The molecule has 0 atom stereocenters. The van der Waals surface area contributed by atoms with Crippen molar-refractivity contribution in [2.45, 2.75) is 0 Å². The molecule has 0 spiro atoms. The lowest BCUT2D eigenvalue weighted by Crippen LogP contribution is -2.13. The molecule has 3 aromatic carbocycles. The average Bonchev–Trinajstić information content (AvgIpc) is 3.26. The third kappa shape index (κ3) is 4.63. The Morgan fingerprint density at radius 3 is 2.09 bits per heavy atom. The number of para-hydroxylation sites is 1. The van der Waals surface area contributed by atoms with Gasteiger partial charge in [0.1, 0.15) is 0 Å². The highest BCUT2D eigenvalue weighted by Crippen LogP contribution is 2.34.